The Morgan fingerprint density at radius 1 is 0.538 bits per heavy atom. The molecule has 0 aliphatic carbocycles. The molecule has 3 heterocycles. The normalized spacial score (nSPS) is 13.1. The molecule has 0 radical (unpaired) electrons. The zero-order valence-corrected chi connectivity index (χ0v) is 34.3. The summed E-state index contributed by atoms with van der Waals surface area (Å²) in [5.41, 5.74) is 5.36. The highest BCUT2D eigenvalue weighted by Crippen LogP contribution is 2.49. The fourth-order valence-electron chi connectivity index (χ4n) is 7.17. The largest absolute Gasteiger partial charge is 0.482 e. The SMILES string of the molecule is COC(=O)c1cc2ccccc2c2c1OCC(=O)Nc1cccc(n1)NC(=O)c1cc(C(N)=O)cc(c1)C(=O)Nc1cccc(n1)NC(=O)COc1c(C(=O)OC)cc3ccccc3c1-2. The fourth-order valence-corrected chi connectivity index (χ4v) is 7.17. The molecule has 1 aliphatic heterocycles. The average Bonchev–Trinajstić information content (AvgIpc) is 3.31. The van der Waals surface area contributed by atoms with Crippen LogP contribution >= 0.6 is 0 Å². The number of nitrogens with two attached hydrogens (primary N) is 1. The van der Waals surface area contributed by atoms with Crippen LogP contribution in [0, 0.1) is 0 Å². The number of fused-ring (bicyclic) bond motifs is 13. The first-order chi connectivity index (χ1) is 31.4. The third-order valence-electron chi connectivity index (χ3n) is 10.0. The van der Waals surface area contributed by atoms with Gasteiger partial charge in [-0.05, 0) is 76.1 Å². The summed E-state index contributed by atoms with van der Waals surface area (Å²) in [7, 11) is 2.36. The zero-order valence-electron chi connectivity index (χ0n) is 34.3. The van der Waals surface area contributed by atoms with Gasteiger partial charge in [0, 0.05) is 27.8 Å². The molecule has 2 aromatic heterocycles. The lowest BCUT2D eigenvalue weighted by atomic mass is 9.88. The monoisotopic (exact) mass is 873 g/mol. The van der Waals surface area contributed by atoms with Crippen LogP contribution in [0.25, 0.3) is 32.7 Å². The zero-order chi connectivity index (χ0) is 45.8. The number of primary amides is 1. The van der Waals surface area contributed by atoms with Crippen LogP contribution in [0.1, 0.15) is 51.8 Å². The maximum atomic E-state index is 13.7. The highest BCUT2D eigenvalue weighted by Gasteiger charge is 2.30. The van der Waals surface area contributed by atoms with Gasteiger partial charge in [0.05, 0.1) is 14.2 Å². The number of nitrogens with one attached hydrogen (secondary N) is 4. The number of hydrogen-bond acceptors (Lipinski definition) is 13. The van der Waals surface area contributed by atoms with Gasteiger partial charge in [-0.25, -0.2) is 19.6 Å². The van der Waals surface area contributed by atoms with E-state index in [4.69, 9.17) is 24.7 Å². The van der Waals surface area contributed by atoms with Gasteiger partial charge < -0.3 is 45.9 Å². The molecule has 0 fully saturated rings. The Kier molecular flexibility index (Phi) is 11.8. The van der Waals surface area contributed by atoms with E-state index in [-0.39, 0.29) is 73.7 Å². The van der Waals surface area contributed by atoms with Crippen molar-refractivity contribution in [2.75, 3.05) is 48.7 Å². The van der Waals surface area contributed by atoms with Gasteiger partial charge in [0.1, 0.15) is 45.9 Å². The number of methoxy groups -OCH3 is 2. The van der Waals surface area contributed by atoms with Crippen molar-refractivity contribution in [1.82, 2.24) is 9.97 Å². The van der Waals surface area contributed by atoms with Gasteiger partial charge in [-0.2, -0.15) is 0 Å². The molecule has 8 rings (SSSR count). The summed E-state index contributed by atoms with van der Waals surface area (Å²) in [6, 6.07) is 29.5. The smallest absolute Gasteiger partial charge is 0.341 e. The number of aromatic nitrogens is 2. The van der Waals surface area contributed by atoms with Crippen LogP contribution in [0.4, 0.5) is 23.3 Å². The van der Waals surface area contributed by atoms with Gasteiger partial charge in [0.15, 0.2) is 13.2 Å². The highest BCUT2D eigenvalue weighted by molar-refractivity contribution is 6.16. The van der Waals surface area contributed by atoms with Crippen LogP contribution in [0.5, 0.6) is 11.5 Å². The molecule has 0 spiro atoms. The lowest BCUT2D eigenvalue weighted by Gasteiger charge is -2.23. The first-order valence-electron chi connectivity index (χ1n) is 19.6. The second-order valence-corrected chi connectivity index (χ2v) is 14.2. The third-order valence-corrected chi connectivity index (χ3v) is 10.0. The molecule has 1 aliphatic rings. The number of amides is 5. The second kappa shape index (κ2) is 18.0. The first kappa shape index (κ1) is 42.5. The molecule has 0 saturated carbocycles. The minimum atomic E-state index is -0.920. The van der Waals surface area contributed by atoms with E-state index < -0.39 is 54.7 Å². The number of anilines is 4. The molecule has 5 amide bonds. The van der Waals surface area contributed by atoms with Gasteiger partial charge in [-0.15, -0.1) is 0 Å². The van der Waals surface area contributed by atoms with Gasteiger partial charge in [0.2, 0.25) is 5.91 Å². The number of carbonyl (C=O) groups excluding carboxylic acids is 7. The molecule has 7 aromatic rings. The average molecular weight is 874 g/mol. The maximum absolute atomic E-state index is 13.7. The number of benzene rings is 5. The quantitative estimate of drug-likeness (QED) is 0.128. The summed E-state index contributed by atoms with van der Waals surface area (Å²) in [5.74, 6) is -5.95. The predicted octanol–water partition coefficient (Wildman–Crippen LogP) is 5.98. The summed E-state index contributed by atoms with van der Waals surface area (Å²) >= 11 is 0. The Morgan fingerprint density at radius 2 is 0.938 bits per heavy atom. The van der Waals surface area contributed by atoms with E-state index in [1.54, 1.807) is 48.5 Å². The minimum absolute atomic E-state index is 0.0136. The second-order valence-electron chi connectivity index (χ2n) is 14.2. The number of ether oxygens (including phenoxy) is 4. The van der Waals surface area contributed by atoms with E-state index >= 15 is 0 Å². The Labute approximate surface area is 368 Å². The third kappa shape index (κ3) is 8.93. The first-order valence-corrected chi connectivity index (χ1v) is 19.6. The summed E-state index contributed by atoms with van der Waals surface area (Å²) in [5, 5.41) is 12.5. The van der Waals surface area contributed by atoms with E-state index in [0.29, 0.717) is 21.5 Å². The lowest BCUT2D eigenvalue weighted by Crippen LogP contribution is -2.23. The predicted molar refractivity (Wildman–Crippen MR) is 237 cm³/mol. The van der Waals surface area contributed by atoms with Crippen LogP contribution in [0.2, 0.25) is 0 Å². The number of nitrogens with zero attached hydrogens (tertiary/aromatic N) is 2. The van der Waals surface area contributed by atoms with Crippen LogP contribution in [0.3, 0.4) is 0 Å². The summed E-state index contributed by atoms with van der Waals surface area (Å²) in [4.78, 5) is 103. The molecule has 18 nitrogen and oxygen atoms in total. The molecule has 5 aromatic carbocycles. The summed E-state index contributed by atoms with van der Waals surface area (Å²) in [6.07, 6.45) is 0. The van der Waals surface area contributed by atoms with Crippen molar-refractivity contribution in [3.05, 3.63) is 143 Å². The molecular weight excluding hydrogens is 839 g/mol. The van der Waals surface area contributed by atoms with Gasteiger partial charge in [-0.1, -0.05) is 60.7 Å². The van der Waals surface area contributed by atoms with Crippen molar-refractivity contribution in [2.24, 2.45) is 5.73 Å². The van der Waals surface area contributed by atoms with Gasteiger partial charge in [-0.3, -0.25) is 24.0 Å². The summed E-state index contributed by atoms with van der Waals surface area (Å²) in [6.45, 7) is -1.42. The van der Waals surface area contributed by atoms with E-state index in [0.717, 1.165) is 0 Å². The molecule has 0 atom stereocenters. The van der Waals surface area contributed by atoms with Crippen molar-refractivity contribution < 1.29 is 52.5 Å². The van der Waals surface area contributed by atoms with Crippen molar-refractivity contribution in [1.29, 1.82) is 0 Å². The van der Waals surface area contributed by atoms with E-state index in [2.05, 4.69) is 31.2 Å². The Bertz CT molecular complexity index is 2950. The van der Waals surface area contributed by atoms with E-state index in [1.807, 2.05) is 0 Å². The van der Waals surface area contributed by atoms with Crippen LogP contribution in [-0.4, -0.2) is 78.9 Å². The maximum Gasteiger partial charge on any atom is 0.341 e. The molecule has 18 heteroatoms. The van der Waals surface area contributed by atoms with Crippen molar-refractivity contribution in [2.45, 2.75) is 0 Å². The number of esters is 2. The number of hydrogen-bond donors (Lipinski definition) is 5. The van der Waals surface area contributed by atoms with Crippen LogP contribution < -0.4 is 36.5 Å². The minimum Gasteiger partial charge on any atom is -0.482 e. The topological polar surface area (TPSA) is 256 Å². The number of rotatable bonds is 3. The van der Waals surface area contributed by atoms with Crippen molar-refractivity contribution in [3.63, 3.8) is 0 Å². The van der Waals surface area contributed by atoms with Crippen molar-refractivity contribution in [3.8, 4) is 22.6 Å². The van der Waals surface area contributed by atoms with E-state index in [1.165, 1.54) is 80.9 Å². The number of pyridine rings is 2. The molecule has 6 bridgehead atoms. The molecule has 0 saturated heterocycles. The molecular formula is C47H35N7O11. The molecule has 0 unspecified atom stereocenters. The van der Waals surface area contributed by atoms with Gasteiger partial charge >= 0.3 is 11.9 Å². The molecule has 324 valence electrons. The lowest BCUT2D eigenvalue weighted by molar-refractivity contribution is -0.118. The Hall–Kier alpha value is -9.19. The standard InChI is InChI=1S/C47H35N7O11/c1-62-46(60)31-20-24-9-3-5-11-29(24)39-40-30-12-6-4-10-25(30)21-32(47(61)63-2)42(40)65-23-38(56)52-34-14-8-16-36(50-34)54-45(59)28-18-26(43(48)57)17-27(19-28)44(58)53-35-15-7-13-33(49-35)51-37(55)22-64-41(31)39/h3-21H,22-23H2,1-2H3,(H2,48,57)(H2,49,51,53,55,58)(H2,50,52,54,56,59). The highest BCUT2D eigenvalue weighted by atomic mass is 16.5. The number of carbonyl (C=O) groups is 7. The fraction of sp³-hybridized carbons (Fsp3) is 0.0851. The molecule has 65 heavy (non-hydrogen) atoms. The summed E-state index contributed by atoms with van der Waals surface area (Å²) < 4.78 is 23.0. The van der Waals surface area contributed by atoms with Crippen LogP contribution in [0.15, 0.2) is 115 Å². The molecule has 6 N–H and O–H groups in total. The van der Waals surface area contributed by atoms with Gasteiger partial charge in [0.25, 0.3) is 23.6 Å². The van der Waals surface area contributed by atoms with Crippen LogP contribution in [-0.2, 0) is 19.1 Å². The van der Waals surface area contributed by atoms with E-state index in [9.17, 15) is 33.6 Å². The Balaban J connectivity index is 1.31. The van der Waals surface area contributed by atoms with Crippen molar-refractivity contribution >= 4 is 86.3 Å². The Morgan fingerprint density at radius 3 is 1.34 bits per heavy atom.